The van der Waals surface area contributed by atoms with E-state index >= 15 is 0 Å². The molecular weight excluding hydrogens is 260 g/mol. The average molecular weight is 282 g/mol. The van der Waals surface area contributed by atoms with Crippen molar-refractivity contribution in [3.8, 4) is 0 Å². The number of carbonyl (C=O) groups excluding carboxylic acids is 1. The van der Waals surface area contributed by atoms with Gasteiger partial charge in [0, 0.05) is 6.42 Å². The Kier molecular flexibility index (Phi) is 4.35. The van der Waals surface area contributed by atoms with Crippen LogP contribution in [0.25, 0.3) is 10.8 Å². The van der Waals surface area contributed by atoms with E-state index in [1.165, 1.54) is 29.2 Å². The Hall–Kier alpha value is -1.67. The van der Waals surface area contributed by atoms with Gasteiger partial charge in [-0.05, 0) is 41.7 Å². The second kappa shape index (κ2) is 6.40. The Morgan fingerprint density at radius 1 is 1.05 bits per heavy atom. The third-order valence-electron chi connectivity index (χ3n) is 4.59. The van der Waals surface area contributed by atoms with Gasteiger partial charge in [-0.1, -0.05) is 49.2 Å². The van der Waals surface area contributed by atoms with Crippen molar-refractivity contribution in [2.24, 2.45) is 0 Å². The SMILES string of the molecule is O=CCCC1(OCc2ccc3ccccc3c2)CCCC1. The van der Waals surface area contributed by atoms with Crippen LogP contribution in [0.5, 0.6) is 0 Å². The normalized spacial score (nSPS) is 17.1. The molecule has 2 aromatic carbocycles. The summed E-state index contributed by atoms with van der Waals surface area (Å²) >= 11 is 0. The van der Waals surface area contributed by atoms with E-state index in [1.807, 2.05) is 0 Å². The first-order valence-electron chi connectivity index (χ1n) is 7.87. The molecule has 2 aromatic rings. The van der Waals surface area contributed by atoms with Crippen LogP contribution in [-0.4, -0.2) is 11.9 Å². The summed E-state index contributed by atoms with van der Waals surface area (Å²) in [5, 5.41) is 2.52. The van der Waals surface area contributed by atoms with Crippen LogP contribution in [0, 0.1) is 0 Å². The number of fused-ring (bicyclic) bond motifs is 1. The maximum atomic E-state index is 10.7. The molecule has 1 aliphatic carbocycles. The fraction of sp³-hybridized carbons (Fsp3) is 0.421. The molecule has 0 N–H and O–H groups in total. The number of hydrogen-bond donors (Lipinski definition) is 0. The van der Waals surface area contributed by atoms with E-state index < -0.39 is 0 Å². The average Bonchev–Trinajstić information content (AvgIpc) is 3.00. The van der Waals surface area contributed by atoms with E-state index in [0.29, 0.717) is 13.0 Å². The summed E-state index contributed by atoms with van der Waals surface area (Å²) in [6, 6.07) is 14.9. The van der Waals surface area contributed by atoms with Gasteiger partial charge in [0.15, 0.2) is 0 Å². The van der Waals surface area contributed by atoms with Crippen molar-refractivity contribution >= 4 is 17.1 Å². The smallest absolute Gasteiger partial charge is 0.120 e. The van der Waals surface area contributed by atoms with E-state index in [9.17, 15) is 4.79 Å². The Morgan fingerprint density at radius 2 is 1.81 bits per heavy atom. The van der Waals surface area contributed by atoms with Gasteiger partial charge in [0.1, 0.15) is 6.29 Å². The summed E-state index contributed by atoms with van der Waals surface area (Å²) in [7, 11) is 0. The van der Waals surface area contributed by atoms with Crippen molar-refractivity contribution < 1.29 is 9.53 Å². The van der Waals surface area contributed by atoms with Crippen LogP contribution in [0.15, 0.2) is 42.5 Å². The van der Waals surface area contributed by atoms with Gasteiger partial charge in [0.05, 0.1) is 12.2 Å². The van der Waals surface area contributed by atoms with Gasteiger partial charge in [-0.3, -0.25) is 0 Å². The fourth-order valence-electron chi connectivity index (χ4n) is 3.37. The molecular formula is C19H22O2. The lowest BCUT2D eigenvalue weighted by Gasteiger charge is -2.29. The van der Waals surface area contributed by atoms with E-state index in [0.717, 1.165) is 25.5 Å². The van der Waals surface area contributed by atoms with E-state index in [1.54, 1.807) is 0 Å². The van der Waals surface area contributed by atoms with Crippen LogP contribution < -0.4 is 0 Å². The van der Waals surface area contributed by atoms with Crippen LogP contribution in [0.1, 0.15) is 44.1 Å². The Morgan fingerprint density at radius 3 is 2.57 bits per heavy atom. The number of aldehydes is 1. The molecule has 1 aliphatic rings. The molecule has 0 aliphatic heterocycles. The molecule has 0 heterocycles. The predicted molar refractivity (Wildman–Crippen MR) is 85.2 cm³/mol. The highest BCUT2D eigenvalue weighted by Crippen LogP contribution is 2.37. The molecule has 0 aromatic heterocycles. The first kappa shape index (κ1) is 14.3. The van der Waals surface area contributed by atoms with E-state index in [-0.39, 0.29) is 5.60 Å². The zero-order chi connectivity index (χ0) is 14.5. The summed E-state index contributed by atoms with van der Waals surface area (Å²) in [5.74, 6) is 0. The zero-order valence-electron chi connectivity index (χ0n) is 12.4. The minimum Gasteiger partial charge on any atom is -0.370 e. The van der Waals surface area contributed by atoms with Gasteiger partial charge in [-0.25, -0.2) is 0 Å². The van der Waals surface area contributed by atoms with Gasteiger partial charge in [0.2, 0.25) is 0 Å². The number of benzene rings is 2. The highest BCUT2D eigenvalue weighted by molar-refractivity contribution is 5.82. The van der Waals surface area contributed by atoms with Crippen LogP contribution >= 0.6 is 0 Å². The summed E-state index contributed by atoms with van der Waals surface area (Å²) in [5.41, 5.74) is 1.15. The van der Waals surface area contributed by atoms with Gasteiger partial charge >= 0.3 is 0 Å². The molecule has 1 fully saturated rings. The lowest BCUT2D eigenvalue weighted by Crippen LogP contribution is -2.28. The van der Waals surface area contributed by atoms with Crippen molar-refractivity contribution in [3.63, 3.8) is 0 Å². The van der Waals surface area contributed by atoms with Crippen molar-refractivity contribution in [3.05, 3.63) is 48.0 Å². The first-order chi connectivity index (χ1) is 10.3. The molecule has 0 unspecified atom stereocenters. The van der Waals surface area contributed by atoms with Gasteiger partial charge in [-0.15, -0.1) is 0 Å². The quantitative estimate of drug-likeness (QED) is 0.721. The third kappa shape index (κ3) is 3.33. The Labute approximate surface area is 126 Å². The molecule has 3 rings (SSSR count). The van der Waals surface area contributed by atoms with Crippen LogP contribution in [0.2, 0.25) is 0 Å². The standard InChI is InChI=1S/C19H22O2/c20-13-5-12-19(10-3-4-11-19)21-15-16-8-9-17-6-1-2-7-18(17)14-16/h1-2,6-9,13-14H,3-5,10-12,15H2. The summed E-state index contributed by atoms with van der Waals surface area (Å²) < 4.78 is 6.27. The lowest BCUT2D eigenvalue weighted by atomic mass is 9.95. The van der Waals surface area contributed by atoms with Gasteiger partial charge in [-0.2, -0.15) is 0 Å². The van der Waals surface area contributed by atoms with Crippen molar-refractivity contribution in [2.45, 2.75) is 50.7 Å². The number of ether oxygens (including phenoxy) is 1. The fourth-order valence-corrected chi connectivity index (χ4v) is 3.37. The maximum Gasteiger partial charge on any atom is 0.120 e. The minimum absolute atomic E-state index is 0.0629. The summed E-state index contributed by atoms with van der Waals surface area (Å²) in [4.78, 5) is 10.7. The topological polar surface area (TPSA) is 26.3 Å². The highest BCUT2D eigenvalue weighted by Gasteiger charge is 2.34. The predicted octanol–water partition coefficient (Wildman–Crippen LogP) is 4.65. The molecule has 2 heteroatoms. The molecule has 0 atom stereocenters. The van der Waals surface area contributed by atoms with Gasteiger partial charge < -0.3 is 9.53 Å². The second-order valence-corrected chi connectivity index (χ2v) is 6.07. The van der Waals surface area contributed by atoms with Crippen molar-refractivity contribution in [1.29, 1.82) is 0 Å². The van der Waals surface area contributed by atoms with Gasteiger partial charge in [0.25, 0.3) is 0 Å². The number of carbonyl (C=O) groups is 1. The maximum absolute atomic E-state index is 10.7. The van der Waals surface area contributed by atoms with Crippen LogP contribution in [0.3, 0.4) is 0 Å². The largest absolute Gasteiger partial charge is 0.370 e. The Bertz CT molecular complexity index is 612. The number of hydrogen-bond acceptors (Lipinski definition) is 2. The molecule has 0 radical (unpaired) electrons. The molecule has 0 bridgehead atoms. The third-order valence-corrected chi connectivity index (χ3v) is 4.59. The van der Waals surface area contributed by atoms with Crippen molar-refractivity contribution in [1.82, 2.24) is 0 Å². The molecule has 110 valence electrons. The lowest BCUT2D eigenvalue weighted by molar-refractivity contribution is -0.110. The molecule has 1 saturated carbocycles. The molecule has 2 nitrogen and oxygen atoms in total. The van der Waals surface area contributed by atoms with Crippen molar-refractivity contribution in [2.75, 3.05) is 0 Å². The van der Waals surface area contributed by atoms with Crippen LogP contribution in [0.4, 0.5) is 0 Å². The molecule has 0 amide bonds. The van der Waals surface area contributed by atoms with E-state index in [2.05, 4.69) is 42.5 Å². The molecule has 0 spiro atoms. The zero-order valence-corrected chi connectivity index (χ0v) is 12.4. The van der Waals surface area contributed by atoms with E-state index in [4.69, 9.17) is 4.74 Å². The first-order valence-corrected chi connectivity index (χ1v) is 7.87. The molecule has 21 heavy (non-hydrogen) atoms. The Balaban J connectivity index is 1.70. The minimum atomic E-state index is -0.0629. The second-order valence-electron chi connectivity index (χ2n) is 6.07. The summed E-state index contributed by atoms with van der Waals surface area (Å²) in [6.07, 6.45) is 7.11. The monoisotopic (exact) mass is 282 g/mol. The number of rotatable bonds is 6. The summed E-state index contributed by atoms with van der Waals surface area (Å²) in [6.45, 7) is 0.643. The van der Waals surface area contributed by atoms with Crippen LogP contribution in [-0.2, 0) is 16.1 Å². The highest BCUT2D eigenvalue weighted by atomic mass is 16.5. The molecule has 0 saturated heterocycles.